The molecule has 5 rings (SSSR count). The lowest BCUT2D eigenvalue weighted by molar-refractivity contribution is 0.175. The summed E-state index contributed by atoms with van der Waals surface area (Å²) in [5, 5.41) is 27.0. The van der Waals surface area contributed by atoms with E-state index in [1.165, 1.54) is 0 Å². The van der Waals surface area contributed by atoms with Gasteiger partial charge in [0.15, 0.2) is 5.65 Å². The van der Waals surface area contributed by atoms with Crippen LogP contribution in [0.5, 0.6) is 0 Å². The van der Waals surface area contributed by atoms with Crippen molar-refractivity contribution in [1.82, 2.24) is 34.3 Å². The maximum Gasteiger partial charge on any atom is 0.228 e. The monoisotopic (exact) mass is 446 g/mol. The molecule has 0 radical (unpaired) electrons. The van der Waals surface area contributed by atoms with Gasteiger partial charge in [0.1, 0.15) is 11.6 Å². The molecule has 1 unspecified atom stereocenters. The van der Waals surface area contributed by atoms with Gasteiger partial charge in [-0.15, -0.1) is 10.2 Å². The molecule has 0 saturated heterocycles. The number of anilines is 2. The van der Waals surface area contributed by atoms with E-state index in [4.69, 9.17) is 11.6 Å². The molecule has 1 atom stereocenters. The highest BCUT2D eigenvalue weighted by Crippen LogP contribution is 2.23. The van der Waals surface area contributed by atoms with Crippen LogP contribution in [-0.2, 0) is 13.5 Å². The average molecular weight is 447 g/mol. The first-order valence-corrected chi connectivity index (χ1v) is 10.3. The Morgan fingerprint density at radius 2 is 1.91 bits per heavy atom. The molecule has 0 aliphatic carbocycles. The van der Waals surface area contributed by atoms with E-state index >= 15 is 0 Å². The fourth-order valence-corrected chi connectivity index (χ4v) is 3.53. The standard InChI is InChI=1S/C22H19ClN8O/c1-30-19(7-10-25-30)27-22-24-9-6-17(26-22)15-8-11-31-20(12-15)28-29-21(31)13-18(32)14-2-4-16(23)5-3-14/h2-12,18,32H,13H2,1H3,(H,24,26,27). The van der Waals surface area contributed by atoms with Crippen molar-refractivity contribution in [3.63, 3.8) is 0 Å². The smallest absolute Gasteiger partial charge is 0.228 e. The first-order chi connectivity index (χ1) is 15.6. The van der Waals surface area contributed by atoms with Crippen LogP contribution in [0.25, 0.3) is 16.9 Å². The minimum atomic E-state index is -0.707. The zero-order valence-electron chi connectivity index (χ0n) is 17.1. The molecule has 0 fully saturated rings. The summed E-state index contributed by atoms with van der Waals surface area (Å²) in [6.07, 6.45) is 4.90. The third-order valence-corrected chi connectivity index (χ3v) is 5.38. The number of aryl methyl sites for hydroxylation is 1. The van der Waals surface area contributed by atoms with Gasteiger partial charge in [0.25, 0.3) is 0 Å². The van der Waals surface area contributed by atoms with E-state index < -0.39 is 6.10 Å². The first-order valence-electron chi connectivity index (χ1n) is 9.92. The Morgan fingerprint density at radius 3 is 2.69 bits per heavy atom. The van der Waals surface area contributed by atoms with Gasteiger partial charge in [0, 0.05) is 42.5 Å². The molecule has 0 aliphatic rings. The number of pyridine rings is 1. The number of hydrogen-bond donors (Lipinski definition) is 2. The molecule has 0 saturated carbocycles. The molecule has 1 aromatic carbocycles. The van der Waals surface area contributed by atoms with Crippen LogP contribution >= 0.6 is 11.6 Å². The van der Waals surface area contributed by atoms with Crippen molar-refractivity contribution in [1.29, 1.82) is 0 Å². The van der Waals surface area contributed by atoms with Crippen LogP contribution in [0.3, 0.4) is 0 Å². The number of rotatable bonds is 6. The quantitative estimate of drug-likeness (QED) is 0.410. The van der Waals surface area contributed by atoms with Crippen LogP contribution in [0.2, 0.25) is 5.02 Å². The van der Waals surface area contributed by atoms with Gasteiger partial charge in [-0.3, -0.25) is 9.08 Å². The van der Waals surface area contributed by atoms with Crippen LogP contribution in [0, 0.1) is 0 Å². The molecule has 5 aromatic rings. The fraction of sp³-hybridized carbons (Fsp3) is 0.136. The average Bonchev–Trinajstić information content (AvgIpc) is 3.40. The van der Waals surface area contributed by atoms with Crippen molar-refractivity contribution >= 4 is 29.0 Å². The van der Waals surface area contributed by atoms with Gasteiger partial charge in [-0.1, -0.05) is 23.7 Å². The number of nitrogens with zero attached hydrogens (tertiary/aromatic N) is 7. The van der Waals surface area contributed by atoms with E-state index in [9.17, 15) is 5.11 Å². The second-order valence-electron chi connectivity index (χ2n) is 7.26. The minimum Gasteiger partial charge on any atom is -0.388 e. The van der Waals surface area contributed by atoms with Crippen molar-refractivity contribution < 1.29 is 5.11 Å². The lowest BCUT2D eigenvalue weighted by atomic mass is 10.1. The Bertz CT molecular complexity index is 1380. The van der Waals surface area contributed by atoms with E-state index in [2.05, 4.69) is 30.6 Å². The molecule has 4 heterocycles. The Labute approximate surface area is 188 Å². The van der Waals surface area contributed by atoms with Crippen molar-refractivity contribution in [2.24, 2.45) is 7.05 Å². The third-order valence-electron chi connectivity index (χ3n) is 5.12. The molecule has 4 aromatic heterocycles. The molecule has 32 heavy (non-hydrogen) atoms. The molecule has 0 bridgehead atoms. The molecule has 0 amide bonds. The Morgan fingerprint density at radius 1 is 1.06 bits per heavy atom. The van der Waals surface area contributed by atoms with Gasteiger partial charge in [0.05, 0.1) is 18.0 Å². The lowest BCUT2D eigenvalue weighted by Gasteiger charge is -2.10. The maximum atomic E-state index is 10.6. The highest BCUT2D eigenvalue weighted by molar-refractivity contribution is 6.30. The van der Waals surface area contributed by atoms with Crippen LogP contribution in [-0.4, -0.2) is 39.5 Å². The van der Waals surface area contributed by atoms with Crippen molar-refractivity contribution in [3.05, 3.63) is 83.5 Å². The summed E-state index contributed by atoms with van der Waals surface area (Å²) >= 11 is 5.93. The van der Waals surface area contributed by atoms with Gasteiger partial charge in [-0.25, -0.2) is 9.97 Å². The first kappa shape index (κ1) is 20.1. The number of fused-ring (bicyclic) bond motifs is 1. The minimum absolute atomic E-state index is 0.328. The summed E-state index contributed by atoms with van der Waals surface area (Å²) in [6.45, 7) is 0. The lowest BCUT2D eigenvalue weighted by Crippen LogP contribution is -2.05. The maximum absolute atomic E-state index is 10.6. The normalized spacial score (nSPS) is 12.2. The molecular weight excluding hydrogens is 428 g/mol. The van der Waals surface area contributed by atoms with Gasteiger partial charge >= 0.3 is 0 Å². The molecular formula is C22H19ClN8O. The number of aliphatic hydroxyl groups excluding tert-OH is 1. The topological polar surface area (TPSA) is 106 Å². The van der Waals surface area contributed by atoms with E-state index in [1.807, 2.05) is 41.9 Å². The summed E-state index contributed by atoms with van der Waals surface area (Å²) in [5.74, 6) is 1.92. The Balaban J connectivity index is 1.38. The number of halogens is 1. The predicted molar refractivity (Wildman–Crippen MR) is 121 cm³/mol. The van der Waals surface area contributed by atoms with Gasteiger partial charge < -0.3 is 10.4 Å². The zero-order chi connectivity index (χ0) is 22.1. The van der Waals surface area contributed by atoms with Crippen molar-refractivity contribution in [2.45, 2.75) is 12.5 Å². The number of hydrogen-bond acceptors (Lipinski definition) is 7. The summed E-state index contributed by atoms with van der Waals surface area (Å²) in [6, 6.07) is 14.6. The largest absolute Gasteiger partial charge is 0.388 e. The van der Waals surface area contributed by atoms with Crippen LogP contribution in [0.4, 0.5) is 11.8 Å². The van der Waals surface area contributed by atoms with Crippen LogP contribution in [0.15, 0.2) is 67.1 Å². The second kappa shape index (κ2) is 8.37. The van der Waals surface area contributed by atoms with E-state index in [1.54, 1.807) is 41.3 Å². The second-order valence-corrected chi connectivity index (χ2v) is 7.70. The third kappa shape index (κ3) is 4.03. The molecule has 2 N–H and O–H groups in total. The molecule has 0 spiro atoms. The van der Waals surface area contributed by atoms with E-state index in [-0.39, 0.29) is 0 Å². The SMILES string of the molecule is Cn1nccc1Nc1nccc(-c2ccn3c(CC(O)c4ccc(Cl)cc4)nnc3c2)n1. The number of aromatic nitrogens is 7. The highest BCUT2D eigenvalue weighted by atomic mass is 35.5. The van der Waals surface area contributed by atoms with Crippen LogP contribution < -0.4 is 5.32 Å². The Kier molecular flexibility index (Phi) is 5.26. The molecule has 160 valence electrons. The highest BCUT2D eigenvalue weighted by Gasteiger charge is 2.14. The van der Waals surface area contributed by atoms with Crippen molar-refractivity contribution in [2.75, 3.05) is 5.32 Å². The van der Waals surface area contributed by atoms with Gasteiger partial charge in [-0.05, 0) is 35.9 Å². The number of nitrogens with one attached hydrogen (secondary N) is 1. The predicted octanol–water partition coefficient (Wildman–Crippen LogP) is 3.59. The summed E-state index contributed by atoms with van der Waals surface area (Å²) in [5.41, 5.74) is 3.07. The van der Waals surface area contributed by atoms with Gasteiger partial charge in [0.2, 0.25) is 5.95 Å². The van der Waals surface area contributed by atoms with E-state index in [0.29, 0.717) is 28.9 Å². The number of benzene rings is 1. The fourth-order valence-electron chi connectivity index (χ4n) is 3.41. The molecule has 10 heteroatoms. The summed E-state index contributed by atoms with van der Waals surface area (Å²) in [4.78, 5) is 8.88. The van der Waals surface area contributed by atoms with E-state index in [0.717, 1.165) is 22.6 Å². The van der Waals surface area contributed by atoms with Crippen molar-refractivity contribution in [3.8, 4) is 11.3 Å². The van der Waals surface area contributed by atoms with Gasteiger partial charge in [-0.2, -0.15) is 5.10 Å². The number of aliphatic hydroxyl groups is 1. The summed E-state index contributed by atoms with van der Waals surface area (Å²) < 4.78 is 3.57. The van der Waals surface area contributed by atoms with Crippen LogP contribution in [0.1, 0.15) is 17.5 Å². The Hall–Kier alpha value is -3.82. The summed E-state index contributed by atoms with van der Waals surface area (Å²) in [7, 11) is 1.84. The molecule has 0 aliphatic heterocycles. The molecule has 9 nitrogen and oxygen atoms in total. The zero-order valence-corrected chi connectivity index (χ0v) is 17.8.